The van der Waals surface area contributed by atoms with E-state index in [-0.39, 0.29) is 18.0 Å². The zero-order valence-corrected chi connectivity index (χ0v) is 15.1. The van der Waals surface area contributed by atoms with Gasteiger partial charge in [0, 0.05) is 23.5 Å². The number of ether oxygens (including phenoxy) is 1. The van der Waals surface area contributed by atoms with Gasteiger partial charge in [-0.25, -0.2) is 0 Å². The van der Waals surface area contributed by atoms with Crippen molar-refractivity contribution in [2.75, 3.05) is 6.61 Å². The highest BCUT2D eigenvalue weighted by atomic mass is 16.5. The van der Waals surface area contributed by atoms with Crippen LogP contribution in [0, 0.1) is 6.92 Å². The van der Waals surface area contributed by atoms with Crippen molar-refractivity contribution in [2.24, 2.45) is 0 Å². The number of hydrogen-bond donors (Lipinski definition) is 0. The van der Waals surface area contributed by atoms with E-state index in [1.54, 1.807) is 6.92 Å². The maximum atomic E-state index is 12.9. The van der Waals surface area contributed by atoms with E-state index in [0.717, 1.165) is 30.4 Å². The summed E-state index contributed by atoms with van der Waals surface area (Å²) in [6, 6.07) is 3.85. The summed E-state index contributed by atoms with van der Waals surface area (Å²) in [5.74, 6) is -0.805. The maximum Gasteiger partial charge on any atom is 0.302 e. The molecular formula is C21H20O5. The monoisotopic (exact) mass is 352 g/mol. The lowest BCUT2D eigenvalue weighted by molar-refractivity contribution is -0.142. The van der Waals surface area contributed by atoms with Crippen molar-refractivity contribution in [1.29, 1.82) is 0 Å². The van der Waals surface area contributed by atoms with Gasteiger partial charge in [-0.05, 0) is 42.9 Å². The molecule has 2 aromatic rings. The van der Waals surface area contributed by atoms with E-state index in [9.17, 15) is 14.4 Å². The molecule has 0 spiro atoms. The molecule has 0 saturated heterocycles. The lowest BCUT2D eigenvalue weighted by Gasteiger charge is -2.37. The van der Waals surface area contributed by atoms with Crippen molar-refractivity contribution in [3.05, 3.63) is 46.2 Å². The Hall–Kier alpha value is -2.69. The first-order valence-corrected chi connectivity index (χ1v) is 8.81. The highest BCUT2D eigenvalue weighted by molar-refractivity contribution is 6.53. The van der Waals surface area contributed by atoms with Crippen LogP contribution < -0.4 is 0 Å². The zero-order valence-electron chi connectivity index (χ0n) is 15.1. The van der Waals surface area contributed by atoms with Crippen LogP contribution in [0.5, 0.6) is 0 Å². The molecule has 1 heterocycles. The molecular weight excluding hydrogens is 332 g/mol. The fraction of sp³-hybridized carbons (Fsp3) is 0.381. The van der Waals surface area contributed by atoms with Gasteiger partial charge in [0.1, 0.15) is 12.4 Å². The molecule has 0 N–H and O–H groups in total. The summed E-state index contributed by atoms with van der Waals surface area (Å²) in [5, 5.41) is 0. The Labute approximate surface area is 151 Å². The van der Waals surface area contributed by atoms with Crippen molar-refractivity contribution in [1.82, 2.24) is 0 Å². The van der Waals surface area contributed by atoms with Crippen molar-refractivity contribution in [2.45, 2.75) is 45.4 Å². The molecule has 0 radical (unpaired) electrons. The highest BCUT2D eigenvalue weighted by Crippen LogP contribution is 2.45. The zero-order chi connectivity index (χ0) is 18.6. The summed E-state index contributed by atoms with van der Waals surface area (Å²) >= 11 is 0. The molecule has 0 amide bonds. The van der Waals surface area contributed by atoms with Crippen LogP contribution in [-0.2, 0) is 21.4 Å². The Morgan fingerprint density at radius 1 is 1.23 bits per heavy atom. The third kappa shape index (κ3) is 2.26. The van der Waals surface area contributed by atoms with Crippen molar-refractivity contribution in [3.8, 4) is 11.3 Å². The Kier molecular flexibility index (Phi) is 3.65. The normalized spacial score (nSPS) is 21.0. The second kappa shape index (κ2) is 5.66. The Balaban J connectivity index is 1.91. The molecule has 5 heteroatoms. The minimum atomic E-state index is -0.501. The summed E-state index contributed by atoms with van der Waals surface area (Å²) in [6.07, 6.45) is 3.98. The predicted octanol–water partition coefficient (Wildman–Crippen LogP) is 3.79. The topological polar surface area (TPSA) is 73.6 Å². The summed E-state index contributed by atoms with van der Waals surface area (Å²) in [5.41, 5.74) is 3.72. The highest BCUT2D eigenvalue weighted by Gasteiger charge is 2.41. The van der Waals surface area contributed by atoms with Crippen molar-refractivity contribution in [3.63, 3.8) is 0 Å². The molecule has 4 rings (SSSR count). The quantitative estimate of drug-likeness (QED) is 0.607. The molecule has 134 valence electrons. The van der Waals surface area contributed by atoms with Crippen LogP contribution in [0.15, 0.2) is 22.8 Å². The molecule has 0 saturated carbocycles. The number of fused-ring (bicyclic) bond motifs is 5. The molecule has 1 aromatic carbocycles. The predicted molar refractivity (Wildman–Crippen MR) is 94.5 cm³/mol. The third-order valence-electron chi connectivity index (χ3n) is 5.59. The minimum Gasteiger partial charge on any atom is -0.465 e. The van der Waals surface area contributed by atoms with Gasteiger partial charge in [0.15, 0.2) is 0 Å². The molecule has 2 aliphatic carbocycles. The third-order valence-corrected chi connectivity index (χ3v) is 5.59. The average Bonchev–Trinajstić information content (AvgIpc) is 2.99. The molecule has 5 nitrogen and oxygen atoms in total. The molecule has 2 aliphatic rings. The second-order valence-electron chi connectivity index (χ2n) is 7.49. The molecule has 1 unspecified atom stereocenters. The van der Waals surface area contributed by atoms with E-state index in [4.69, 9.17) is 9.15 Å². The van der Waals surface area contributed by atoms with Crippen LogP contribution in [0.2, 0.25) is 0 Å². The fourth-order valence-electron chi connectivity index (χ4n) is 4.27. The van der Waals surface area contributed by atoms with E-state index >= 15 is 0 Å². The molecule has 0 bridgehead atoms. The largest absolute Gasteiger partial charge is 0.465 e. The first-order chi connectivity index (χ1) is 12.3. The maximum absolute atomic E-state index is 12.9. The number of aryl methyl sites for hydroxylation is 1. The van der Waals surface area contributed by atoms with Crippen LogP contribution in [0.4, 0.5) is 0 Å². The molecule has 1 aromatic heterocycles. The van der Waals surface area contributed by atoms with Gasteiger partial charge in [0.2, 0.25) is 11.6 Å². The molecule has 0 fully saturated rings. The smallest absolute Gasteiger partial charge is 0.302 e. The van der Waals surface area contributed by atoms with E-state index in [2.05, 4.69) is 0 Å². The Morgan fingerprint density at radius 2 is 1.96 bits per heavy atom. The number of rotatable bonds is 2. The van der Waals surface area contributed by atoms with E-state index in [1.165, 1.54) is 13.2 Å². The van der Waals surface area contributed by atoms with Gasteiger partial charge in [-0.1, -0.05) is 19.1 Å². The first kappa shape index (κ1) is 16.8. The average molecular weight is 352 g/mol. The molecule has 0 aliphatic heterocycles. The van der Waals surface area contributed by atoms with Gasteiger partial charge in [-0.2, -0.15) is 0 Å². The number of esters is 1. The number of benzene rings is 1. The number of carbonyl (C=O) groups excluding carboxylic acids is 3. The SMILES string of the molecule is CC(=O)OCC1(C)CCCc2c1ccc1c2C(=O)C(=O)c2c(C)coc2-1. The van der Waals surface area contributed by atoms with Crippen molar-refractivity contribution >= 4 is 17.5 Å². The van der Waals surface area contributed by atoms with Gasteiger partial charge < -0.3 is 9.15 Å². The van der Waals surface area contributed by atoms with Gasteiger partial charge in [0.05, 0.1) is 11.8 Å². The molecule has 26 heavy (non-hydrogen) atoms. The van der Waals surface area contributed by atoms with Crippen molar-refractivity contribution < 1.29 is 23.5 Å². The molecule has 1 atom stereocenters. The van der Waals surface area contributed by atoms with Gasteiger partial charge in [0.25, 0.3) is 0 Å². The summed E-state index contributed by atoms with van der Waals surface area (Å²) in [7, 11) is 0. The van der Waals surface area contributed by atoms with Gasteiger partial charge in [-0.3, -0.25) is 14.4 Å². The van der Waals surface area contributed by atoms with Crippen LogP contribution in [0.25, 0.3) is 11.3 Å². The van der Waals surface area contributed by atoms with Crippen LogP contribution >= 0.6 is 0 Å². The van der Waals surface area contributed by atoms with Crippen LogP contribution in [-0.4, -0.2) is 24.1 Å². The Bertz CT molecular complexity index is 965. The summed E-state index contributed by atoms with van der Waals surface area (Å²) in [4.78, 5) is 36.8. The van der Waals surface area contributed by atoms with E-state index in [0.29, 0.717) is 28.0 Å². The van der Waals surface area contributed by atoms with E-state index < -0.39 is 11.6 Å². The van der Waals surface area contributed by atoms with E-state index in [1.807, 2.05) is 19.1 Å². The first-order valence-electron chi connectivity index (χ1n) is 8.81. The van der Waals surface area contributed by atoms with Crippen LogP contribution in [0.1, 0.15) is 64.1 Å². The fourth-order valence-corrected chi connectivity index (χ4v) is 4.27. The number of carbonyl (C=O) groups is 3. The summed E-state index contributed by atoms with van der Waals surface area (Å²) < 4.78 is 10.9. The number of furan rings is 1. The lowest BCUT2D eigenvalue weighted by Crippen LogP contribution is -2.35. The number of ketones is 2. The lowest BCUT2D eigenvalue weighted by atomic mass is 9.68. The second-order valence-corrected chi connectivity index (χ2v) is 7.49. The van der Waals surface area contributed by atoms with Gasteiger partial charge >= 0.3 is 5.97 Å². The summed E-state index contributed by atoms with van der Waals surface area (Å²) in [6.45, 7) is 5.47. The number of Topliss-reactive ketones (excluding diaryl/α,β-unsaturated/α-hetero) is 2. The Morgan fingerprint density at radius 3 is 2.69 bits per heavy atom. The van der Waals surface area contributed by atoms with Gasteiger partial charge in [-0.15, -0.1) is 0 Å². The number of hydrogen-bond acceptors (Lipinski definition) is 5. The standard InChI is InChI=1S/C21H20O5/c1-11-9-25-20-14-6-7-15-13(17(14)19(24)18(23)16(11)20)5-4-8-21(15,3)10-26-12(2)22/h6-7,9H,4-5,8,10H2,1-3H3. The minimum absolute atomic E-state index is 0.265. The van der Waals surface area contributed by atoms with Crippen LogP contribution in [0.3, 0.4) is 0 Å².